The van der Waals surface area contributed by atoms with E-state index < -0.39 is 27.7 Å². The Morgan fingerprint density at radius 3 is 2.19 bits per heavy atom. The van der Waals surface area contributed by atoms with E-state index in [-0.39, 0.29) is 16.1 Å². The van der Waals surface area contributed by atoms with Crippen molar-refractivity contribution in [1.29, 1.82) is 0 Å². The summed E-state index contributed by atoms with van der Waals surface area (Å²) in [5.41, 5.74) is 1.63. The van der Waals surface area contributed by atoms with Gasteiger partial charge in [0.05, 0.1) is 10.5 Å². The van der Waals surface area contributed by atoms with Crippen LogP contribution in [-0.2, 0) is 16.2 Å². The molecule has 0 aliphatic rings. The highest BCUT2D eigenvalue weighted by molar-refractivity contribution is 7.92. The molecule has 0 saturated heterocycles. The number of rotatable bonds is 5. The van der Waals surface area contributed by atoms with Gasteiger partial charge in [-0.05, 0) is 73.5 Å². The number of hydrogen-bond acceptors (Lipinski definition) is 3. The van der Waals surface area contributed by atoms with E-state index in [1.807, 2.05) is 26.0 Å². The molecule has 5 nitrogen and oxygen atoms in total. The van der Waals surface area contributed by atoms with Crippen LogP contribution < -0.4 is 10.0 Å². The largest absolute Gasteiger partial charge is 0.416 e. The summed E-state index contributed by atoms with van der Waals surface area (Å²) in [5, 5.41) is 2.78. The Hall–Kier alpha value is -3.33. The Kier molecular flexibility index (Phi) is 6.08. The van der Waals surface area contributed by atoms with Gasteiger partial charge in [-0.1, -0.05) is 18.2 Å². The van der Waals surface area contributed by atoms with Crippen LogP contribution in [0.3, 0.4) is 0 Å². The maximum Gasteiger partial charge on any atom is 0.416 e. The zero-order valence-electron chi connectivity index (χ0n) is 16.6. The van der Waals surface area contributed by atoms with Crippen molar-refractivity contribution in [2.75, 3.05) is 10.0 Å². The molecule has 0 radical (unpaired) electrons. The van der Waals surface area contributed by atoms with Crippen LogP contribution in [-0.4, -0.2) is 14.3 Å². The van der Waals surface area contributed by atoms with Crippen molar-refractivity contribution < 1.29 is 26.4 Å². The van der Waals surface area contributed by atoms with Crippen LogP contribution in [0.25, 0.3) is 0 Å². The Morgan fingerprint density at radius 2 is 1.55 bits per heavy atom. The third-order valence-electron chi connectivity index (χ3n) is 4.72. The van der Waals surface area contributed by atoms with E-state index in [0.717, 1.165) is 23.3 Å². The second kappa shape index (κ2) is 8.43. The SMILES string of the molecule is Cc1cccc(NC(=O)c2ccc(S(=O)(=O)Nc3cccc(C(F)(F)F)c3)cc2)c1C. The minimum atomic E-state index is -4.59. The highest BCUT2D eigenvalue weighted by Gasteiger charge is 2.30. The van der Waals surface area contributed by atoms with Gasteiger partial charge in [0.1, 0.15) is 0 Å². The van der Waals surface area contributed by atoms with Crippen LogP contribution in [0.4, 0.5) is 24.5 Å². The predicted molar refractivity (Wildman–Crippen MR) is 113 cm³/mol. The number of nitrogens with one attached hydrogen (secondary N) is 2. The summed E-state index contributed by atoms with van der Waals surface area (Å²) in [5.74, 6) is -0.413. The Bertz CT molecular complexity index is 1220. The molecule has 162 valence electrons. The van der Waals surface area contributed by atoms with Gasteiger partial charge in [-0.15, -0.1) is 0 Å². The van der Waals surface area contributed by atoms with Gasteiger partial charge in [-0.25, -0.2) is 8.42 Å². The number of halogens is 3. The maximum absolute atomic E-state index is 12.8. The fourth-order valence-electron chi connectivity index (χ4n) is 2.84. The smallest absolute Gasteiger partial charge is 0.322 e. The molecular formula is C22H19F3N2O3S. The van der Waals surface area contributed by atoms with Crippen molar-refractivity contribution in [3.8, 4) is 0 Å². The molecular weight excluding hydrogens is 429 g/mol. The van der Waals surface area contributed by atoms with Gasteiger partial charge in [-0.3, -0.25) is 9.52 Å². The van der Waals surface area contributed by atoms with Crippen molar-refractivity contribution in [1.82, 2.24) is 0 Å². The van der Waals surface area contributed by atoms with Crippen LogP contribution in [0.15, 0.2) is 71.6 Å². The number of benzene rings is 3. The van der Waals surface area contributed by atoms with Gasteiger partial charge in [-0.2, -0.15) is 13.2 Å². The highest BCUT2D eigenvalue weighted by atomic mass is 32.2. The first-order valence-corrected chi connectivity index (χ1v) is 10.6. The number of hydrogen-bond donors (Lipinski definition) is 2. The Balaban J connectivity index is 1.77. The number of carbonyl (C=O) groups is 1. The summed E-state index contributed by atoms with van der Waals surface area (Å²) in [6, 6.07) is 14.5. The number of amides is 1. The van der Waals surface area contributed by atoms with E-state index in [1.165, 1.54) is 30.3 Å². The summed E-state index contributed by atoms with van der Waals surface area (Å²) in [6.45, 7) is 3.79. The van der Waals surface area contributed by atoms with Crippen molar-refractivity contribution in [3.05, 3.63) is 89.0 Å². The number of aryl methyl sites for hydroxylation is 1. The molecule has 0 heterocycles. The molecule has 0 bridgehead atoms. The van der Waals surface area contributed by atoms with Gasteiger partial charge in [0.15, 0.2) is 0 Å². The molecule has 0 saturated carbocycles. The van der Waals surface area contributed by atoms with Crippen molar-refractivity contribution in [2.45, 2.75) is 24.9 Å². The minimum Gasteiger partial charge on any atom is -0.322 e. The Morgan fingerprint density at radius 1 is 0.903 bits per heavy atom. The lowest BCUT2D eigenvalue weighted by atomic mass is 10.1. The topological polar surface area (TPSA) is 75.3 Å². The van der Waals surface area contributed by atoms with E-state index in [9.17, 15) is 26.4 Å². The monoisotopic (exact) mass is 448 g/mol. The molecule has 0 atom stereocenters. The molecule has 0 aliphatic carbocycles. The van der Waals surface area contributed by atoms with Crippen LogP contribution in [0, 0.1) is 13.8 Å². The lowest BCUT2D eigenvalue weighted by molar-refractivity contribution is -0.137. The summed E-state index contributed by atoms with van der Waals surface area (Å²) in [7, 11) is -4.14. The molecule has 2 N–H and O–H groups in total. The second-order valence-corrected chi connectivity index (χ2v) is 8.59. The average Bonchev–Trinajstić information content (AvgIpc) is 2.71. The molecule has 0 aliphatic heterocycles. The summed E-state index contributed by atoms with van der Waals surface area (Å²) in [4.78, 5) is 12.3. The zero-order valence-corrected chi connectivity index (χ0v) is 17.4. The molecule has 3 aromatic rings. The molecule has 0 fully saturated rings. The molecule has 9 heteroatoms. The van der Waals surface area contributed by atoms with E-state index in [1.54, 1.807) is 6.07 Å². The van der Waals surface area contributed by atoms with Gasteiger partial charge in [0.2, 0.25) is 0 Å². The lowest BCUT2D eigenvalue weighted by Crippen LogP contribution is -2.15. The van der Waals surface area contributed by atoms with Crippen LogP contribution in [0.1, 0.15) is 27.0 Å². The summed E-state index contributed by atoms with van der Waals surface area (Å²) in [6.07, 6.45) is -4.59. The van der Waals surface area contributed by atoms with Crippen LogP contribution >= 0.6 is 0 Å². The number of anilines is 2. The summed E-state index contributed by atoms with van der Waals surface area (Å²) >= 11 is 0. The molecule has 0 spiro atoms. The van der Waals surface area contributed by atoms with E-state index in [2.05, 4.69) is 10.0 Å². The fourth-order valence-corrected chi connectivity index (χ4v) is 3.89. The quantitative estimate of drug-likeness (QED) is 0.551. The molecule has 1 amide bonds. The first-order chi connectivity index (χ1) is 14.5. The van der Waals surface area contributed by atoms with Crippen molar-refractivity contribution in [3.63, 3.8) is 0 Å². The van der Waals surface area contributed by atoms with Gasteiger partial charge >= 0.3 is 6.18 Å². The Labute approximate surface area is 178 Å². The maximum atomic E-state index is 12.8. The summed E-state index contributed by atoms with van der Waals surface area (Å²) < 4.78 is 65.7. The third kappa shape index (κ3) is 5.24. The standard InChI is InChI=1S/C22H19F3N2O3S/c1-14-5-3-8-20(15(14)2)26-21(28)16-9-11-19(12-10-16)31(29,30)27-18-7-4-6-17(13-18)22(23,24)25/h3-13,27H,1-2H3,(H,26,28). The van der Waals surface area contributed by atoms with Crippen molar-refractivity contribution >= 4 is 27.3 Å². The molecule has 0 unspecified atom stereocenters. The number of sulfonamides is 1. The number of carbonyl (C=O) groups excluding carboxylic acids is 1. The van der Waals surface area contributed by atoms with E-state index in [4.69, 9.17) is 0 Å². The zero-order chi connectivity index (χ0) is 22.8. The van der Waals surface area contributed by atoms with Gasteiger partial charge < -0.3 is 5.32 Å². The third-order valence-corrected chi connectivity index (χ3v) is 6.12. The average molecular weight is 448 g/mol. The highest BCUT2D eigenvalue weighted by Crippen LogP contribution is 2.31. The normalized spacial score (nSPS) is 11.8. The first kappa shape index (κ1) is 22.4. The first-order valence-electron chi connectivity index (χ1n) is 9.15. The van der Waals surface area contributed by atoms with Gasteiger partial charge in [0.25, 0.3) is 15.9 Å². The molecule has 0 aromatic heterocycles. The second-order valence-electron chi connectivity index (χ2n) is 6.91. The predicted octanol–water partition coefficient (Wildman–Crippen LogP) is 5.38. The van der Waals surface area contributed by atoms with Gasteiger partial charge in [0, 0.05) is 16.9 Å². The lowest BCUT2D eigenvalue weighted by Gasteiger charge is -2.12. The van der Waals surface area contributed by atoms with E-state index in [0.29, 0.717) is 11.8 Å². The molecule has 3 aromatic carbocycles. The molecule has 31 heavy (non-hydrogen) atoms. The van der Waals surface area contributed by atoms with Crippen molar-refractivity contribution in [2.24, 2.45) is 0 Å². The fraction of sp³-hybridized carbons (Fsp3) is 0.136. The minimum absolute atomic E-state index is 0.187. The molecule has 3 rings (SSSR count). The van der Waals surface area contributed by atoms with Crippen LogP contribution in [0.5, 0.6) is 0 Å². The number of alkyl halides is 3. The van der Waals surface area contributed by atoms with Crippen LogP contribution in [0.2, 0.25) is 0 Å². The van der Waals surface area contributed by atoms with E-state index >= 15 is 0 Å².